The first-order chi connectivity index (χ1) is 13.5. The maximum atomic E-state index is 10.2. The van der Waals surface area contributed by atoms with Gasteiger partial charge in [-0.05, 0) is 31.2 Å². The number of hydrogen-bond donors (Lipinski definition) is 2. The molecule has 0 amide bonds. The third-order valence-corrected chi connectivity index (χ3v) is 4.90. The van der Waals surface area contributed by atoms with Gasteiger partial charge in [0.25, 0.3) is 0 Å². The summed E-state index contributed by atoms with van der Waals surface area (Å²) in [4.78, 5) is 5.22. The lowest BCUT2D eigenvalue weighted by molar-refractivity contribution is 0.416. The number of ether oxygens (including phenoxy) is 1. The number of thiazole rings is 1. The second-order valence-electron chi connectivity index (χ2n) is 5.93. The highest BCUT2D eigenvalue weighted by Gasteiger charge is 2.13. The fourth-order valence-electron chi connectivity index (χ4n) is 2.72. The minimum absolute atomic E-state index is 0.00591. The Morgan fingerprint density at radius 2 is 2.04 bits per heavy atom. The van der Waals surface area contributed by atoms with E-state index in [4.69, 9.17) is 9.84 Å². The van der Waals surface area contributed by atoms with E-state index >= 15 is 0 Å². The number of phenolic OH excluding ortho intramolecular Hbond substituents is 2. The molecule has 2 N–H and O–H groups in total. The van der Waals surface area contributed by atoms with Gasteiger partial charge in [-0.3, -0.25) is 4.99 Å². The third kappa shape index (κ3) is 3.99. The molecule has 0 spiro atoms. The van der Waals surface area contributed by atoms with Gasteiger partial charge in [0.1, 0.15) is 17.2 Å². The fraction of sp³-hybridized carbons (Fsp3) is 0.143. The van der Waals surface area contributed by atoms with Gasteiger partial charge in [0.15, 0.2) is 0 Å². The SMILES string of the molecule is C=CCN=c1scc(-c2ccccc2OC)n1N=C(C)c1ccc(O)cc1O. The highest BCUT2D eigenvalue weighted by atomic mass is 32.1. The Balaban J connectivity index is 2.20. The van der Waals surface area contributed by atoms with Crippen LogP contribution in [0.3, 0.4) is 0 Å². The van der Waals surface area contributed by atoms with Gasteiger partial charge in [0, 0.05) is 22.6 Å². The van der Waals surface area contributed by atoms with Crippen molar-refractivity contribution in [3.05, 3.63) is 70.9 Å². The molecule has 6 nitrogen and oxygen atoms in total. The summed E-state index contributed by atoms with van der Waals surface area (Å²) in [6.45, 7) is 5.97. The maximum Gasteiger partial charge on any atom is 0.206 e. The number of aromatic nitrogens is 1. The Morgan fingerprint density at radius 1 is 1.25 bits per heavy atom. The number of benzene rings is 2. The molecule has 0 radical (unpaired) electrons. The van der Waals surface area contributed by atoms with Gasteiger partial charge >= 0.3 is 0 Å². The average molecular weight is 395 g/mol. The van der Waals surface area contributed by atoms with Crippen LogP contribution in [0.1, 0.15) is 12.5 Å². The number of rotatable bonds is 6. The first-order valence-corrected chi connectivity index (χ1v) is 9.46. The van der Waals surface area contributed by atoms with Crippen LogP contribution < -0.4 is 9.54 Å². The van der Waals surface area contributed by atoms with Crippen LogP contribution in [-0.2, 0) is 0 Å². The molecular weight excluding hydrogens is 374 g/mol. The molecule has 1 heterocycles. The molecule has 0 atom stereocenters. The van der Waals surface area contributed by atoms with Crippen molar-refractivity contribution in [2.24, 2.45) is 10.1 Å². The van der Waals surface area contributed by atoms with Crippen molar-refractivity contribution in [3.8, 4) is 28.5 Å². The highest BCUT2D eigenvalue weighted by molar-refractivity contribution is 7.07. The minimum Gasteiger partial charge on any atom is -0.508 e. The molecule has 0 bridgehead atoms. The first-order valence-electron chi connectivity index (χ1n) is 8.58. The zero-order valence-electron chi connectivity index (χ0n) is 15.7. The fourth-order valence-corrected chi connectivity index (χ4v) is 3.55. The molecule has 0 unspecified atom stereocenters. The van der Waals surface area contributed by atoms with E-state index < -0.39 is 0 Å². The Kier molecular flexibility index (Phi) is 5.96. The van der Waals surface area contributed by atoms with Gasteiger partial charge in [-0.15, -0.1) is 17.9 Å². The summed E-state index contributed by atoms with van der Waals surface area (Å²) >= 11 is 1.46. The molecule has 0 saturated heterocycles. The van der Waals surface area contributed by atoms with E-state index in [1.54, 1.807) is 30.9 Å². The normalized spacial score (nSPS) is 12.2. The topological polar surface area (TPSA) is 79.3 Å². The van der Waals surface area contributed by atoms with Crippen LogP contribution in [0.25, 0.3) is 11.3 Å². The summed E-state index contributed by atoms with van der Waals surface area (Å²) in [7, 11) is 1.63. The molecule has 0 aliphatic rings. The van der Waals surface area contributed by atoms with Gasteiger partial charge in [-0.25, -0.2) is 4.68 Å². The molecule has 0 fully saturated rings. The van der Waals surface area contributed by atoms with Crippen LogP contribution in [0.15, 0.2) is 70.6 Å². The molecule has 0 aliphatic heterocycles. The lowest BCUT2D eigenvalue weighted by Gasteiger charge is -2.10. The second kappa shape index (κ2) is 8.58. The number of hydrogen-bond acceptors (Lipinski definition) is 6. The van der Waals surface area contributed by atoms with E-state index in [-0.39, 0.29) is 11.5 Å². The highest BCUT2D eigenvalue weighted by Crippen LogP contribution is 2.30. The monoisotopic (exact) mass is 395 g/mol. The van der Waals surface area contributed by atoms with Gasteiger partial charge in [-0.1, -0.05) is 18.2 Å². The molecule has 3 aromatic rings. The van der Waals surface area contributed by atoms with E-state index in [0.717, 1.165) is 17.0 Å². The predicted molar refractivity (Wildman–Crippen MR) is 112 cm³/mol. The van der Waals surface area contributed by atoms with Crippen LogP contribution in [0.4, 0.5) is 0 Å². The Labute approximate surface area is 167 Å². The average Bonchev–Trinajstić information content (AvgIpc) is 3.08. The molecule has 2 aromatic carbocycles. The van der Waals surface area contributed by atoms with Gasteiger partial charge in [0.2, 0.25) is 4.80 Å². The standard InChI is InChI=1S/C21H21N3O3S/c1-4-11-22-21-24(23-14(2)16-10-9-15(25)12-19(16)26)18(13-28-21)17-7-5-6-8-20(17)27-3/h4-10,12-13,25-26H,1,11H2,2-3H3. The Morgan fingerprint density at radius 3 is 2.75 bits per heavy atom. The van der Waals surface area contributed by atoms with E-state index in [1.165, 1.54) is 23.5 Å². The summed E-state index contributed by atoms with van der Waals surface area (Å²) in [6.07, 6.45) is 1.72. The predicted octanol–water partition coefficient (Wildman–Crippen LogP) is 4.00. The number of phenols is 2. The molecular formula is C21H21N3O3S. The van der Waals surface area contributed by atoms with E-state index in [0.29, 0.717) is 22.6 Å². The van der Waals surface area contributed by atoms with Crippen LogP contribution in [0.2, 0.25) is 0 Å². The molecule has 28 heavy (non-hydrogen) atoms. The van der Waals surface area contributed by atoms with Gasteiger partial charge in [-0.2, -0.15) is 5.10 Å². The molecule has 0 aliphatic carbocycles. The summed E-state index contributed by atoms with van der Waals surface area (Å²) < 4.78 is 7.23. The second-order valence-corrected chi connectivity index (χ2v) is 6.77. The third-order valence-electron chi connectivity index (χ3n) is 4.05. The molecule has 3 rings (SSSR count). The summed E-state index contributed by atoms with van der Waals surface area (Å²) in [5.74, 6) is 0.679. The lowest BCUT2D eigenvalue weighted by Crippen LogP contribution is -2.14. The van der Waals surface area contributed by atoms with Gasteiger partial charge in [0.05, 0.1) is 25.1 Å². The Bertz CT molecular complexity index is 1100. The van der Waals surface area contributed by atoms with Crippen molar-refractivity contribution in [1.82, 2.24) is 4.68 Å². The zero-order chi connectivity index (χ0) is 20.1. The smallest absolute Gasteiger partial charge is 0.206 e. The van der Waals surface area contributed by atoms with Crippen LogP contribution >= 0.6 is 11.3 Å². The van der Waals surface area contributed by atoms with Crippen LogP contribution in [0, 0.1) is 0 Å². The molecule has 144 valence electrons. The zero-order valence-corrected chi connectivity index (χ0v) is 16.5. The quantitative estimate of drug-likeness (QED) is 0.489. The molecule has 0 saturated carbocycles. The van der Waals surface area contributed by atoms with Crippen molar-refractivity contribution in [3.63, 3.8) is 0 Å². The van der Waals surface area contributed by atoms with E-state index in [9.17, 15) is 10.2 Å². The van der Waals surface area contributed by atoms with Crippen LogP contribution in [-0.4, -0.2) is 34.3 Å². The summed E-state index contributed by atoms with van der Waals surface area (Å²) in [5, 5.41) is 26.4. The lowest BCUT2D eigenvalue weighted by atomic mass is 10.1. The largest absolute Gasteiger partial charge is 0.508 e. The molecule has 7 heteroatoms. The van der Waals surface area contributed by atoms with E-state index in [1.807, 2.05) is 29.6 Å². The summed E-state index contributed by atoms with van der Waals surface area (Å²) in [6, 6.07) is 12.1. The number of para-hydroxylation sites is 1. The van der Waals surface area contributed by atoms with Crippen LogP contribution in [0.5, 0.6) is 17.2 Å². The minimum atomic E-state index is -0.0412. The van der Waals surface area contributed by atoms with Gasteiger partial charge < -0.3 is 14.9 Å². The number of methoxy groups -OCH3 is 1. The summed E-state index contributed by atoms with van der Waals surface area (Å²) in [5.41, 5.74) is 2.81. The van der Waals surface area contributed by atoms with Crippen molar-refractivity contribution in [2.75, 3.05) is 13.7 Å². The number of aromatic hydroxyl groups is 2. The Hall–Kier alpha value is -3.32. The van der Waals surface area contributed by atoms with Crippen molar-refractivity contribution >= 4 is 17.0 Å². The number of nitrogens with zero attached hydrogens (tertiary/aromatic N) is 3. The molecule has 1 aromatic heterocycles. The van der Waals surface area contributed by atoms with Crippen molar-refractivity contribution in [2.45, 2.75) is 6.92 Å². The first kappa shape index (κ1) is 19.4. The maximum absolute atomic E-state index is 10.2. The van der Waals surface area contributed by atoms with E-state index in [2.05, 4.69) is 11.6 Å². The van der Waals surface area contributed by atoms with Crippen molar-refractivity contribution < 1.29 is 14.9 Å². The van der Waals surface area contributed by atoms with Crippen molar-refractivity contribution in [1.29, 1.82) is 0 Å².